The Hall–Kier alpha value is -1.53. The van der Waals surface area contributed by atoms with Gasteiger partial charge in [0.05, 0.1) is 22.9 Å². The Labute approximate surface area is 199 Å². The number of hydrogen-bond acceptors (Lipinski definition) is 6. The number of carbonyl (C=O) groups excluding carboxylic acids is 1. The molecule has 33 heavy (non-hydrogen) atoms. The van der Waals surface area contributed by atoms with E-state index in [0.717, 1.165) is 36.3 Å². The van der Waals surface area contributed by atoms with E-state index in [4.69, 9.17) is 9.84 Å². The van der Waals surface area contributed by atoms with Crippen molar-refractivity contribution in [3.63, 3.8) is 0 Å². The van der Waals surface area contributed by atoms with Gasteiger partial charge in [-0.15, -0.1) is 11.8 Å². The lowest BCUT2D eigenvalue weighted by Gasteiger charge is -2.42. The number of carbonyl (C=O) groups is 2. The first kappa shape index (κ1) is 26.1. The number of rotatable bonds is 9. The van der Waals surface area contributed by atoms with E-state index < -0.39 is 24.9 Å². The maximum absolute atomic E-state index is 13.3. The van der Waals surface area contributed by atoms with Crippen LogP contribution >= 0.6 is 23.1 Å². The molecule has 0 aromatic carbocycles. The first-order valence-electron chi connectivity index (χ1n) is 11.3. The largest absolute Gasteiger partial charge is 0.481 e. The standard InChI is InChI=1S/C21H30F3N3O4S2/c22-21(23,24)13-31-16-8-6-15(7-9-16)27(14-4-2-1-3-5-14)20(30)26-19-25-12-18(33-19)32-11-10-17(28)29/h12,14-16H,1-11,13H2,(H,28,29)(H,25,26,30)/t15-,16-. The topological polar surface area (TPSA) is 91.8 Å². The van der Waals surface area contributed by atoms with Gasteiger partial charge in [-0.1, -0.05) is 30.6 Å². The maximum atomic E-state index is 13.3. The van der Waals surface area contributed by atoms with Crippen molar-refractivity contribution < 1.29 is 32.6 Å². The predicted molar refractivity (Wildman–Crippen MR) is 121 cm³/mol. The van der Waals surface area contributed by atoms with Crippen molar-refractivity contribution in [3.05, 3.63) is 6.20 Å². The van der Waals surface area contributed by atoms with Crippen LogP contribution in [0.2, 0.25) is 0 Å². The van der Waals surface area contributed by atoms with Gasteiger partial charge in [0.1, 0.15) is 6.61 Å². The van der Waals surface area contributed by atoms with Crippen molar-refractivity contribution in [1.29, 1.82) is 0 Å². The number of ether oxygens (including phenoxy) is 1. The normalized spacial score (nSPS) is 22.2. The number of halogens is 3. The molecule has 0 unspecified atom stereocenters. The van der Waals surface area contributed by atoms with Crippen LogP contribution in [-0.4, -0.2) is 63.7 Å². The van der Waals surface area contributed by atoms with E-state index in [2.05, 4.69) is 10.3 Å². The number of amides is 2. The highest BCUT2D eigenvalue weighted by molar-refractivity contribution is 8.01. The number of carboxylic acid groups (broad SMARTS) is 1. The Balaban J connectivity index is 1.58. The summed E-state index contributed by atoms with van der Waals surface area (Å²) in [6, 6.07) is -0.151. The second-order valence-corrected chi connectivity index (χ2v) is 10.9. The zero-order valence-corrected chi connectivity index (χ0v) is 19.9. The molecule has 2 aliphatic rings. The molecule has 0 atom stereocenters. The molecule has 0 saturated heterocycles. The van der Waals surface area contributed by atoms with Gasteiger partial charge in [0.2, 0.25) is 0 Å². The number of thioether (sulfide) groups is 1. The van der Waals surface area contributed by atoms with Gasteiger partial charge in [-0.2, -0.15) is 13.2 Å². The SMILES string of the molecule is O=C(O)CCSc1cnc(NC(=O)N(C2CCCCC2)[C@H]2CC[C@H](OCC(F)(F)F)CC2)s1. The average Bonchev–Trinajstić information content (AvgIpc) is 3.20. The van der Waals surface area contributed by atoms with Gasteiger partial charge in [0.15, 0.2) is 5.13 Å². The number of hydrogen-bond donors (Lipinski definition) is 2. The first-order chi connectivity index (χ1) is 15.7. The minimum absolute atomic E-state index is 0.0387. The third kappa shape index (κ3) is 8.64. The van der Waals surface area contributed by atoms with E-state index in [1.54, 1.807) is 6.20 Å². The minimum atomic E-state index is -4.33. The molecule has 1 aromatic rings. The number of anilines is 1. The number of urea groups is 1. The van der Waals surface area contributed by atoms with Crippen LogP contribution in [-0.2, 0) is 9.53 Å². The van der Waals surface area contributed by atoms with Crippen LogP contribution in [0.4, 0.5) is 23.1 Å². The Morgan fingerprint density at radius 2 is 1.82 bits per heavy atom. The maximum Gasteiger partial charge on any atom is 0.411 e. The lowest BCUT2D eigenvalue weighted by molar-refractivity contribution is -0.188. The number of aliphatic carboxylic acids is 1. The quantitative estimate of drug-likeness (QED) is 0.411. The molecule has 0 spiro atoms. The smallest absolute Gasteiger partial charge is 0.411 e. The molecule has 1 aromatic heterocycles. The summed E-state index contributed by atoms with van der Waals surface area (Å²) in [5.41, 5.74) is 0. The number of aromatic nitrogens is 1. The van der Waals surface area contributed by atoms with Crippen LogP contribution in [0.3, 0.4) is 0 Å². The van der Waals surface area contributed by atoms with Crippen LogP contribution < -0.4 is 5.32 Å². The van der Waals surface area contributed by atoms with Crippen molar-refractivity contribution in [2.75, 3.05) is 17.7 Å². The Bertz CT molecular complexity index is 779. The van der Waals surface area contributed by atoms with Crippen LogP contribution in [0.5, 0.6) is 0 Å². The zero-order valence-electron chi connectivity index (χ0n) is 18.3. The van der Waals surface area contributed by atoms with Crippen molar-refractivity contribution in [2.45, 2.75) is 92.8 Å². The number of nitrogens with zero attached hydrogens (tertiary/aromatic N) is 2. The molecule has 0 radical (unpaired) electrons. The highest BCUT2D eigenvalue weighted by Gasteiger charge is 2.36. The van der Waals surface area contributed by atoms with Gasteiger partial charge < -0.3 is 14.7 Å². The molecule has 2 fully saturated rings. The Morgan fingerprint density at radius 3 is 2.45 bits per heavy atom. The second kappa shape index (κ2) is 12.3. The summed E-state index contributed by atoms with van der Waals surface area (Å²) in [7, 11) is 0. The lowest BCUT2D eigenvalue weighted by atomic mass is 9.88. The summed E-state index contributed by atoms with van der Waals surface area (Å²) < 4.78 is 43.2. The van der Waals surface area contributed by atoms with E-state index in [9.17, 15) is 22.8 Å². The van der Waals surface area contributed by atoms with Crippen LogP contribution in [0.1, 0.15) is 64.2 Å². The van der Waals surface area contributed by atoms with Gasteiger partial charge in [0, 0.05) is 17.8 Å². The third-order valence-electron chi connectivity index (χ3n) is 5.98. The average molecular weight is 510 g/mol. The molecule has 186 valence electrons. The van der Waals surface area contributed by atoms with E-state index >= 15 is 0 Å². The van der Waals surface area contributed by atoms with E-state index in [0.29, 0.717) is 36.6 Å². The monoisotopic (exact) mass is 509 g/mol. The molecular formula is C21H30F3N3O4S2. The van der Waals surface area contributed by atoms with E-state index in [1.807, 2.05) is 4.90 Å². The highest BCUT2D eigenvalue weighted by Crippen LogP contribution is 2.34. The van der Waals surface area contributed by atoms with Crippen LogP contribution in [0.15, 0.2) is 10.4 Å². The molecule has 2 aliphatic carbocycles. The highest BCUT2D eigenvalue weighted by atomic mass is 32.2. The fraction of sp³-hybridized carbons (Fsp3) is 0.762. The third-order valence-corrected chi connectivity index (χ3v) is 8.09. The fourth-order valence-corrected chi connectivity index (χ4v) is 6.34. The number of nitrogens with one attached hydrogen (secondary N) is 1. The number of carboxylic acids is 1. The summed E-state index contributed by atoms with van der Waals surface area (Å²) in [5.74, 6) is -0.430. The van der Waals surface area contributed by atoms with E-state index in [-0.39, 0.29) is 24.5 Å². The minimum Gasteiger partial charge on any atom is -0.481 e. The van der Waals surface area contributed by atoms with Gasteiger partial charge >= 0.3 is 18.2 Å². The molecule has 2 amide bonds. The molecule has 7 nitrogen and oxygen atoms in total. The molecular weight excluding hydrogens is 479 g/mol. The number of alkyl halides is 3. The Morgan fingerprint density at radius 1 is 1.15 bits per heavy atom. The molecule has 0 aliphatic heterocycles. The van der Waals surface area contributed by atoms with Gasteiger partial charge in [0.25, 0.3) is 0 Å². The summed E-state index contributed by atoms with van der Waals surface area (Å²) in [6.07, 6.45) is 4.24. The predicted octanol–water partition coefficient (Wildman–Crippen LogP) is 5.77. The summed E-state index contributed by atoms with van der Waals surface area (Å²) in [6.45, 7) is -1.23. The Kier molecular flexibility index (Phi) is 9.69. The summed E-state index contributed by atoms with van der Waals surface area (Å²) in [5, 5.41) is 12.1. The summed E-state index contributed by atoms with van der Waals surface area (Å²) >= 11 is 2.69. The van der Waals surface area contributed by atoms with Gasteiger partial charge in [-0.25, -0.2) is 9.78 Å². The van der Waals surface area contributed by atoms with Crippen molar-refractivity contribution in [3.8, 4) is 0 Å². The molecule has 0 bridgehead atoms. The summed E-state index contributed by atoms with van der Waals surface area (Å²) in [4.78, 5) is 30.1. The number of thiazole rings is 1. The van der Waals surface area contributed by atoms with Crippen molar-refractivity contribution >= 4 is 40.2 Å². The first-order valence-corrected chi connectivity index (χ1v) is 13.1. The second-order valence-electron chi connectivity index (χ2n) is 8.46. The molecule has 12 heteroatoms. The molecule has 2 saturated carbocycles. The lowest BCUT2D eigenvalue weighted by Crippen LogP contribution is -2.51. The van der Waals surface area contributed by atoms with Crippen LogP contribution in [0.25, 0.3) is 0 Å². The van der Waals surface area contributed by atoms with Crippen molar-refractivity contribution in [1.82, 2.24) is 9.88 Å². The molecule has 2 N–H and O–H groups in total. The van der Waals surface area contributed by atoms with Crippen molar-refractivity contribution in [2.24, 2.45) is 0 Å². The molecule has 1 heterocycles. The van der Waals surface area contributed by atoms with Crippen LogP contribution in [0, 0.1) is 0 Å². The van der Waals surface area contributed by atoms with Gasteiger partial charge in [-0.3, -0.25) is 10.1 Å². The fourth-order valence-electron chi connectivity index (χ4n) is 4.47. The molecule has 3 rings (SSSR count). The van der Waals surface area contributed by atoms with Gasteiger partial charge in [-0.05, 0) is 38.5 Å². The van der Waals surface area contributed by atoms with E-state index in [1.165, 1.54) is 23.1 Å². The zero-order chi connectivity index (χ0) is 23.8.